The molecular formula is C29H27Br2FN4O4. The van der Waals surface area contributed by atoms with Crippen molar-refractivity contribution in [2.75, 3.05) is 18.5 Å². The highest BCUT2D eigenvalue weighted by molar-refractivity contribution is 9.10. The first-order chi connectivity index (χ1) is 19.2. The standard InChI is InChI=1S/C29H27Br2FN4O4/c1-4-17(3)28-35-24-10-9-19(30)12-22(24)29(38)36(28)33-15-18-11-25(39-5-2)26(14-23(18)31)40-16-27(37)34-21-8-6-7-20(32)13-21/h6-15,17H,4-5,16H2,1-3H3,(H,34,37)/t17-/m1/s1. The zero-order chi connectivity index (χ0) is 28.8. The van der Waals surface area contributed by atoms with Crippen LogP contribution < -0.4 is 20.3 Å². The molecule has 0 aliphatic heterocycles. The lowest BCUT2D eigenvalue weighted by molar-refractivity contribution is -0.118. The number of halogens is 3. The summed E-state index contributed by atoms with van der Waals surface area (Å²) in [6.07, 6.45) is 2.33. The Balaban J connectivity index is 1.63. The van der Waals surface area contributed by atoms with Crippen LogP contribution in [0.4, 0.5) is 10.1 Å². The summed E-state index contributed by atoms with van der Waals surface area (Å²) >= 11 is 6.95. The molecule has 1 amide bonds. The number of amides is 1. The van der Waals surface area contributed by atoms with Crippen LogP contribution in [0, 0.1) is 5.82 Å². The van der Waals surface area contributed by atoms with Crippen molar-refractivity contribution in [2.24, 2.45) is 5.10 Å². The van der Waals surface area contributed by atoms with E-state index in [0.717, 1.165) is 10.9 Å². The number of ether oxygens (including phenoxy) is 2. The molecular weight excluding hydrogens is 647 g/mol. The van der Waals surface area contributed by atoms with E-state index in [4.69, 9.17) is 14.5 Å². The molecule has 1 N–H and O–H groups in total. The Morgan fingerprint density at radius 1 is 1.12 bits per heavy atom. The van der Waals surface area contributed by atoms with Crippen molar-refractivity contribution in [3.05, 3.63) is 91.1 Å². The van der Waals surface area contributed by atoms with Gasteiger partial charge in [-0.15, -0.1) is 0 Å². The van der Waals surface area contributed by atoms with E-state index >= 15 is 0 Å². The van der Waals surface area contributed by atoms with Crippen LogP contribution in [0.3, 0.4) is 0 Å². The smallest absolute Gasteiger partial charge is 0.282 e. The van der Waals surface area contributed by atoms with Crippen molar-refractivity contribution in [3.63, 3.8) is 0 Å². The fourth-order valence-corrected chi connectivity index (χ4v) is 4.62. The average molecular weight is 674 g/mol. The molecule has 11 heteroatoms. The van der Waals surface area contributed by atoms with Gasteiger partial charge in [0.05, 0.1) is 23.7 Å². The number of carbonyl (C=O) groups is 1. The summed E-state index contributed by atoms with van der Waals surface area (Å²) in [6, 6.07) is 14.4. The first kappa shape index (κ1) is 29.4. The van der Waals surface area contributed by atoms with Crippen LogP contribution in [0.15, 0.2) is 73.4 Å². The molecule has 0 spiro atoms. The molecule has 0 aliphatic carbocycles. The minimum atomic E-state index is -0.456. The van der Waals surface area contributed by atoms with Gasteiger partial charge in [-0.3, -0.25) is 9.59 Å². The molecule has 1 aromatic heterocycles. The summed E-state index contributed by atoms with van der Waals surface area (Å²) in [5, 5.41) is 7.57. The molecule has 1 atom stereocenters. The molecule has 40 heavy (non-hydrogen) atoms. The lowest BCUT2D eigenvalue weighted by Crippen LogP contribution is -2.23. The van der Waals surface area contributed by atoms with E-state index in [-0.39, 0.29) is 18.1 Å². The first-order valence-corrected chi connectivity index (χ1v) is 14.2. The van der Waals surface area contributed by atoms with Crippen LogP contribution in [0.5, 0.6) is 11.5 Å². The van der Waals surface area contributed by atoms with Gasteiger partial charge in [0.2, 0.25) is 0 Å². The maximum absolute atomic E-state index is 13.4. The largest absolute Gasteiger partial charge is 0.490 e. The third kappa shape index (κ3) is 6.95. The zero-order valence-electron chi connectivity index (χ0n) is 22.1. The lowest BCUT2D eigenvalue weighted by atomic mass is 10.1. The molecule has 4 rings (SSSR count). The maximum Gasteiger partial charge on any atom is 0.282 e. The molecule has 1 heterocycles. The van der Waals surface area contributed by atoms with Crippen LogP contribution in [-0.4, -0.2) is 35.0 Å². The number of anilines is 1. The molecule has 208 valence electrons. The summed E-state index contributed by atoms with van der Waals surface area (Å²) in [7, 11) is 0. The van der Waals surface area contributed by atoms with Gasteiger partial charge in [0.1, 0.15) is 11.6 Å². The van der Waals surface area contributed by atoms with Crippen molar-refractivity contribution in [1.82, 2.24) is 9.66 Å². The number of hydrogen-bond acceptors (Lipinski definition) is 6. The SMILES string of the molecule is CCOc1cc(C=Nn2c([C@H](C)CC)nc3ccc(Br)cc3c2=O)c(Br)cc1OCC(=O)Nc1cccc(F)c1. The van der Waals surface area contributed by atoms with Crippen molar-refractivity contribution in [1.29, 1.82) is 0 Å². The molecule has 0 radical (unpaired) electrons. The first-order valence-electron chi connectivity index (χ1n) is 12.6. The number of nitrogens with zero attached hydrogens (tertiary/aromatic N) is 3. The van der Waals surface area contributed by atoms with Crippen LogP contribution in [-0.2, 0) is 4.79 Å². The van der Waals surface area contributed by atoms with E-state index in [2.05, 4.69) is 42.3 Å². The second-order valence-corrected chi connectivity index (χ2v) is 10.7. The molecule has 0 unspecified atom stereocenters. The van der Waals surface area contributed by atoms with E-state index in [1.165, 1.54) is 22.9 Å². The van der Waals surface area contributed by atoms with E-state index in [1.54, 1.807) is 30.5 Å². The van der Waals surface area contributed by atoms with Gasteiger partial charge in [0.15, 0.2) is 18.1 Å². The summed E-state index contributed by atoms with van der Waals surface area (Å²) in [5.74, 6) is 0.362. The van der Waals surface area contributed by atoms with E-state index < -0.39 is 11.7 Å². The zero-order valence-corrected chi connectivity index (χ0v) is 25.3. The number of nitrogens with one attached hydrogen (secondary N) is 1. The summed E-state index contributed by atoms with van der Waals surface area (Å²) in [4.78, 5) is 30.5. The second kappa shape index (κ2) is 13.2. The maximum atomic E-state index is 13.4. The predicted molar refractivity (Wildman–Crippen MR) is 161 cm³/mol. The highest BCUT2D eigenvalue weighted by Gasteiger charge is 2.17. The van der Waals surface area contributed by atoms with Crippen molar-refractivity contribution in [2.45, 2.75) is 33.1 Å². The third-order valence-electron chi connectivity index (χ3n) is 6.03. The van der Waals surface area contributed by atoms with E-state index in [1.807, 2.05) is 32.9 Å². The Hall–Kier alpha value is -3.57. The van der Waals surface area contributed by atoms with Crippen LogP contribution >= 0.6 is 31.9 Å². The lowest BCUT2D eigenvalue weighted by Gasteiger charge is -2.15. The van der Waals surface area contributed by atoms with Gasteiger partial charge < -0.3 is 14.8 Å². The van der Waals surface area contributed by atoms with Crippen molar-refractivity contribution < 1.29 is 18.7 Å². The summed E-state index contributed by atoms with van der Waals surface area (Å²) in [5.41, 5.74) is 1.28. The fraction of sp³-hybridized carbons (Fsp3) is 0.241. The van der Waals surface area contributed by atoms with Crippen LogP contribution in [0.2, 0.25) is 0 Å². The molecule has 0 fully saturated rings. The monoisotopic (exact) mass is 672 g/mol. The Kier molecular flexibility index (Phi) is 9.70. The number of fused-ring (bicyclic) bond motifs is 1. The quantitative estimate of drug-likeness (QED) is 0.185. The van der Waals surface area contributed by atoms with E-state index in [0.29, 0.717) is 50.6 Å². The molecule has 0 saturated carbocycles. The van der Waals surface area contributed by atoms with Gasteiger partial charge >= 0.3 is 0 Å². The fourth-order valence-electron chi connectivity index (χ4n) is 3.84. The number of aromatic nitrogens is 2. The van der Waals surface area contributed by atoms with Gasteiger partial charge in [0, 0.05) is 26.1 Å². The molecule has 0 bridgehead atoms. The predicted octanol–water partition coefficient (Wildman–Crippen LogP) is 6.87. The number of rotatable bonds is 10. The van der Waals surface area contributed by atoms with Crippen LogP contribution in [0.1, 0.15) is 44.5 Å². The number of hydrogen-bond donors (Lipinski definition) is 1. The highest BCUT2D eigenvalue weighted by atomic mass is 79.9. The summed E-state index contributed by atoms with van der Waals surface area (Å²) in [6.45, 7) is 5.89. The van der Waals surface area contributed by atoms with Gasteiger partial charge in [-0.2, -0.15) is 9.78 Å². The van der Waals surface area contributed by atoms with E-state index in [9.17, 15) is 14.0 Å². The second-order valence-electron chi connectivity index (χ2n) is 8.90. The third-order valence-corrected chi connectivity index (χ3v) is 7.21. The molecule has 0 aliphatic rings. The number of carbonyl (C=O) groups excluding carboxylic acids is 1. The van der Waals surface area contributed by atoms with Crippen molar-refractivity contribution in [3.8, 4) is 11.5 Å². The van der Waals surface area contributed by atoms with Gasteiger partial charge in [-0.1, -0.05) is 35.8 Å². The average Bonchev–Trinajstić information content (AvgIpc) is 2.93. The Morgan fingerprint density at radius 3 is 2.62 bits per heavy atom. The molecule has 4 aromatic rings. The Labute approximate surface area is 247 Å². The summed E-state index contributed by atoms with van der Waals surface area (Å²) < 4.78 is 27.6. The van der Waals surface area contributed by atoms with Crippen molar-refractivity contribution >= 4 is 60.6 Å². The Bertz CT molecular complexity index is 1640. The topological polar surface area (TPSA) is 94.8 Å². The number of benzene rings is 3. The van der Waals surface area contributed by atoms with Crippen LogP contribution in [0.25, 0.3) is 10.9 Å². The molecule has 0 saturated heterocycles. The highest BCUT2D eigenvalue weighted by Crippen LogP contribution is 2.33. The molecule has 3 aromatic carbocycles. The Morgan fingerprint density at radius 2 is 1.90 bits per heavy atom. The molecule has 8 nitrogen and oxygen atoms in total. The van der Waals surface area contributed by atoms with Gasteiger partial charge in [-0.25, -0.2) is 9.37 Å². The minimum Gasteiger partial charge on any atom is -0.490 e. The van der Waals surface area contributed by atoms with Gasteiger partial charge in [-0.05, 0) is 77.8 Å². The minimum absolute atomic E-state index is 0.00498. The normalized spacial score (nSPS) is 12.1. The van der Waals surface area contributed by atoms with Gasteiger partial charge in [0.25, 0.3) is 11.5 Å².